The number of hydrogen-bond acceptors (Lipinski definition) is 1. The lowest BCUT2D eigenvalue weighted by molar-refractivity contribution is 0.656. The molecular weight excluding hydrogens is 146 g/mol. The second-order valence-electron chi connectivity index (χ2n) is 3.00. The van der Waals surface area contributed by atoms with Crippen molar-refractivity contribution in [3.05, 3.63) is 23.3 Å². The van der Waals surface area contributed by atoms with E-state index in [0.717, 1.165) is 6.54 Å². The van der Waals surface area contributed by atoms with E-state index in [-0.39, 0.29) is 0 Å². The highest BCUT2D eigenvalue weighted by molar-refractivity contribution is 5.32. The molecule has 12 heavy (non-hydrogen) atoms. The topological polar surface area (TPSA) is 12.0 Å². The van der Waals surface area contributed by atoms with Crippen LogP contribution in [0.25, 0.3) is 0 Å². The van der Waals surface area contributed by atoms with Crippen LogP contribution in [0.15, 0.2) is 23.3 Å². The quantitative estimate of drug-likeness (QED) is 0.582. The molecule has 0 amide bonds. The van der Waals surface area contributed by atoms with Gasteiger partial charge in [-0.05, 0) is 31.4 Å². The van der Waals surface area contributed by atoms with Crippen LogP contribution < -0.4 is 5.32 Å². The summed E-state index contributed by atoms with van der Waals surface area (Å²) in [5, 5.41) is 3.37. The van der Waals surface area contributed by atoms with Gasteiger partial charge in [0.25, 0.3) is 0 Å². The van der Waals surface area contributed by atoms with Gasteiger partial charge in [-0.25, -0.2) is 0 Å². The van der Waals surface area contributed by atoms with Crippen LogP contribution in [0.3, 0.4) is 0 Å². The lowest BCUT2D eigenvalue weighted by atomic mass is 9.93. The minimum absolute atomic E-state index is 1.10. The highest BCUT2D eigenvalue weighted by atomic mass is 14.9. The Bertz CT molecular complexity index is 189. The first kappa shape index (κ1) is 9.53. The van der Waals surface area contributed by atoms with Crippen LogP contribution in [-0.2, 0) is 0 Å². The van der Waals surface area contributed by atoms with Crippen molar-refractivity contribution in [2.75, 3.05) is 13.1 Å². The van der Waals surface area contributed by atoms with E-state index >= 15 is 0 Å². The summed E-state index contributed by atoms with van der Waals surface area (Å²) in [6.45, 7) is 6.29. The molecule has 68 valence electrons. The van der Waals surface area contributed by atoms with Crippen molar-refractivity contribution in [3.63, 3.8) is 0 Å². The van der Waals surface area contributed by atoms with E-state index in [1.807, 2.05) is 13.8 Å². The molecule has 0 spiro atoms. The Hall–Kier alpha value is -0.560. The first-order valence-corrected chi connectivity index (χ1v) is 5.05. The minimum atomic E-state index is 1.10. The molecule has 1 aliphatic carbocycles. The molecule has 0 aromatic carbocycles. The minimum Gasteiger partial charge on any atom is -0.312 e. The summed E-state index contributed by atoms with van der Waals surface area (Å²) < 4.78 is 0. The Balaban J connectivity index is 0.000000336. The van der Waals surface area contributed by atoms with Gasteiger partial charge in [0.1, 0.15) is 0 Å². The first-order valence-electron chi connectivity index (χ1n) is 5.05. The van der Waals surface area contributed by atoms with Gasteiger partial charge in [-0.3, -0.25) is 0 Å². The first-order chi connectivity index (χ1) is 5.97. The van der Waals surface area contributed by atoms with Crippen LogP contribution in [0.4, 0.5) is 0 Å². The van der Waals surface area contributed by atoms with E-state index < -0.39 is 0 Å². The summed E-state index contributed by atoms with van der Waals surface area (Å²) in [6, 6.07) is 0. The van der Waals surface area contributed by atoms with Gasteiger partial charge in [0.15, 0.2) is 0 Å². The normalized spacial score (nSPS) is 21.2. The molecule has 0 unspecified atom stereocenters. The Kier molecular flexibility index (Phi) is 4.09. The van der Waals surface area contributed by atoms with Gasteiger partial charge >= 0.3 is 0 Å². The maximum Gasteiger partial charge on any atom is 0.0205 e. The predicted molar refractivity (Wildman–Crippen MR) is 54.2 cm³/mol. The van der Waals surface area contributed by atoms with Crippen LogP contribution in [0.5, 0.6) is 0 Å². The third kappa shape index (κ3) is 2.21. The van der Waals surface area contributed by atoms with E-state index in [1.165, 1.54) is 25.8 Å². The fraction of sp³-hybridized carbons (Fsp3) is 0.636. The number of nitrogens with one attached hydrogen (secondary N) is 1. The van der Waals surface area contributed by atoms with Crippen molar-refractivity contribution in [1.82, 2.24) is 5.32 Å². The molecule has 0 aromatic heterocycles. The van der Waals surface area contributed by atoms with Gasteiger partial charge in [-0.2, -0.15) is 0 Å². The fourth-order valence-electron chi connectivity index (χ4n) is 1.69. The molecule has 0 saturated heterocycles. The van der Waals surface area contributed by atoms with Crippen LogP contribution in [-0.4, -0.2) is 13.1 Å². The molecule has 0 fully saturated rings. The van der Waals surface area contributed by atoms with E-state index in [4.69, 9.17) is 0 Å². The highest BCUT2D eigenvalue weighted by Gasteiger charge is 2.11. The average Bonchev–Trinajstić information content (AvgIpc) is 2.21. The van der Waals surface area contributed by atoms with E-state index in [9.17, 15) is 0 Å². The zero-order valence-corrected chi connectivity index (χ0v) is 8.19. The number of allylic oxidation sites excluding steroid dienone is 1. The fourth-order valence-corrected chi connectivity index (χ4v) is 1.69. The molecule has 1 heterocycles. The summed E-state index contributed by atoms with van der Waals surface area (Å²) >= 11 is 0. The SMILES string of the molecule is C1=CC2=C(CC1)CCNC2.CC. The van der Waals surface area contributed by atoms with Crippen LogP contribution in [0.2, 0.25) is 0 Å². The highest BCUT2D eigenvalue weighted by Crippen LogP contribution is 2.22. The molecular formula is C11H19N. The van der Waals surface area contributed by atoms with E-state index in [0.29, 0.717) is 0 Å². The Morgan fingerprint density at radius 2 is 2.08 bits per heavy atom. The second kappa shape index (κ2) is 5.15. The van der Waals surface area contributed by atoms with E-state index in [2.05, 4.69) is 17.5 Å². The molecule has 2 rings (SSSR count). The van der Waals surface area contributed by atoms with Gasteiger partial charge in [-0.15, -0.1) is 0 Å². The summed E-state index contributed by atoms with van der Waals surface area (Å²) in [5.74, 6) is 0. The third-order valence-corrected chi connectivity index (χ3v) is 2.30. The monoisotopic (exact) mass is 165 g/mol. The summed E-state index contributed by atoms with van der Waals surface area (Å²) in [7, 11) is 0. The van der Waals surface area contributed by atoms with Gasteiger partial charge in [0.05, 0.1) is 0 Å². The molecule has 1 aliphatic heterocycles. The molecule has 0 atom stereocenters. The zero-order chi connectivity index (χ0) is 8.81. The number of hydrogen-bond donors (Lipinski definition) is 1. The molecule has 1 nitrogen and oxygen atoms in total. The average molecular weight is 165 g/mol. The molecule has 0 radical (unpaired) electrons. The molecule has 1 heteroatoms. The zero-order valence-electron chi connectivity index (χ0n) is 8.19. The lowest BCUT2D eigenvalue weighted by Gasteiger charge is -2.21. The number of rotatable bonds is 0. The largest absolute Gasteiger partial charge is 0.312 e. The molecule has 0 aromatic rings. The van der Waals surface area contributed by atoms with Gasteiger partial charge < -0.3 is 5.32 Å². The lowest BCUT2D eigenvalue weighted by Crippen LogP contribution is -2.25. The van der Waals surface area contributed by atoms with Crippen LogP contribution >= 0.6 is 0 Å². The summed E-state index contributed by atoms with van der Waals surface area (Å²) in [6.07, 6.45) is 8.42. The van der Waals surface area contributed by atoms with Crippen molar-refractivity contribution < 1.29 is 0 Å². The van der Waals surface area contributed by atoms with Crippen molar-refractivity contribution in [1.29, 1.82) is 0 Å². The van der Waals surface area contributed by atoms with E-state index in [1.54, 1.807) is 11.1 Å². The van der Waals surface area contributed by atoms with Gasteiger partial charge in [0.2, 0.25) is 0 Å². The molecule has 0 bridgehead atoms. The van der Waals surface area contributed by atoms with Crippen molar-refractivity contribution in [3.8, 4) is 0 Å². The smallest absolute Gasteiger partial charge is 0.0205 e. The molecule has 0 saturated carbocycles. The standard InChI is InChI=1S/C9H13N.C2H6/c1-2-4-9-7-10-6-5-8(9)3-1;1-2/h2,4,10H,1,3,5-7H2;1-2H3. The predicted octanol–water partition coefficient (Wildman–Crippen LogP) is 2.65. The Morgan fingerprint density at radius 1 is 1.25 bits per heavy atom. The molecule has 2 aliphatic rings. The Morgan fingerprint density at radius 3 is 2.83 bits per heavy atom. The third-order valence-electron chi connectivity index (χ3n) is 2.30. The van der Waals surface area contributed by atoms with Crippen molar-refractivity contribution >= 4 is 0 Å². The second-order valence-corrected chi connectivity index (χ2v) is 3.00. The molecule has 1 N–H and O–H groups in total. The van der Waals surface area contributed by atoms with Crippen LogP contribution in [0, 0.1) is 0 Å². The summed E-state index contributed by atoms with van der Waals surface area (Å²) in [4.78, 5) is 0. The van der Waals surface area contributed by atoms with Gasteiger partial charge in [-0.1, -0.05) is 31.6 Å². The van der Waals surface area contributed by atoms with Crippen molar-refractivity contribution in [2.24, 2.45) is 0 Å². The Labute approximate surface area is 75.6 Å². The van der Waals surface area contributed by atoms with Crippen LogP contribution in [0.1, 0.15) is 33.1 Å². The maximum atomic E-state index is 3.37. The maximum absolute atomic E-state index is 3.37. The van der Waals surface area contributed by atoms with Gasteiger partial charge in [0, 0.05) is 6.54 Å². The summed E-state index contributed by atoms with van der Waals surface area (Å²) in [5.41, 5.74) is 3.25. The van der Waals surface area contributed by atoms with Crippen molar-refractivity contribution in [2.45, 2.75) is 33.1 Å².